The number of rotatable bonds is 0. The molecule has 0 aliphatic rings. The van der Waals surface area contributed by atoms with Crippen LogP contribution in [0.25, 0.3) is 0 Å². The minimum absolute atomic E-state index is 0.778. The zero-order valence-electron chi connectivity index (χ0n) is 4.84. The van der Waals surface area contributed by atoms with Crippen LogP contribution in [-0.2, 0) is 0 Å². The molecule has 0 nitrogen and oxygen atoms in total. The summed E-state index contributed by atoms with van der Waals surface area (Å²) in [4.78, 5) is 0. The summed E-state index contributed by atoms with van der Waals surface area (Å²) in [5.74, 6) is 0. The summed E-state index contributed by atoms with van der Waals surface area (Å²) in [6.45, 7) is 0. The SMILES string of the molecule is [Na][Cl].c1ccccc1. The maximum atomic E-state index is 4.78. The average molecular weight is 137 g/mol. The normalized spacial score (nSPS) is 6.88. The Balaban J connectivity index is 0.000000222. The van der Waals surface area contributed by atoms with Crippen LogP contribution in [-0.4, -0.2) is 26.6 Å². The zero-order valence-corrected chi connectivity index (χ0v) is 7.60. The second-order valence-corrected chi connectivity index (χ2v) is 1.15. The minimum Gasteiger partial charge on any atom is -0.0623 e. The largest absolute Gasteiger partial charge is 0.0623 e. The molecule has 8 heavy (non-hydrogen) atoms. The van der Waals surface area contributed by atoms with Crippen molar-refractivity contribution in [1.82, 2.24) is 0 Å². The third-order valence-electron chi connectivity index (χ3n) is 0.667. The number of hydrogen-bond acceptors (Lipinski definition) is 0. The third-order valence-corrected chi connectivity index (χ3v) is 0.667. The van der Waals surface area contributed by atoms with Crippen molar-refractivity contribution in [1.29, 1.82) is 0 Å². The Morgan fingerprint density at radius 1 is 0.625 bits per heavy atom. The summed E-state index contributed by atoms with van der Waals surface area (Å²) in [6.07, 6.45) is 0. The smallest absolute Gasteiger partial charge is 0.0623 e. The van der Waals surface area contributed by atoms with E-state index in [0.29, 0.717) is 0 Å². The average Bonchev–Trinajstić information content (AvgIpc) is 1.96. The second-order valence-electron chi connectivity index (χ2n) is 1.15. The van der Waals surface area contributed by atoms with Gasteiger partial charge in [-0.05, 0) is 0 Å². The van der Waals surface area contributed by atoms with Crippen molar-refractivity contribution in [2.45, 2.75) is 0 Å². The van der Waals surface area contributed by atoms with E-state index in [-0.39, 0.29) is 0 Å². The molecule has 0 fully saturated rings. The number of hydrogen-bond donors (Lipinski definition) is 0. The number of halogens is 1. The molecule has 0 aliphatic carbocycles. The van der Waals surface area contributed by atoms with Gasteiger partial charge >= 0.3 is 34.6 Å². The van der Waals surface area contributed by atoms with Gasteiger partial charge in [-0.2, -0.15) is 0 Å². The van der Waals surface area contributed by atoms with Gasteiger partial charge in [0.05, 0.1) is 0 Å². The quantitative estimate of drug-likeness (QED) is 0.479. The topological polar surface area (TPSA) is 0 Å². The maximum Gasteiger partial charge on any atom is -0.0623 e. The molecule has 0 radical (unpaired) electrons. The molecular weight excluding hydrogens is 131 g/mol. The Morgan fingerprint density at radius 2 is 0.750 bits per heavy atom. The van der Waals surface area contributed by atoms with Crippen LogP contribution in [0, 0.1) is 0 Å². The van der Waals surface area contributed by atoms with Gasteiger partial charge in [-0.1, -0.05) is 36.4 Å². The van der Waals surface area contributed by atoms with Crippen LogP contribution in [0.5, 0.6) is 0 Å². The van der Waals surface area contributed by atoms with Crippen LogP contribution < -0.4 is 0 Å². The molecule has 1 rings (SSSR count). The van der Waals surface area contributed by atoms with Gasteiger partial charge in [0.2, 0.25) is 0 Å². The molecule has 0 saturated carbocycles. The van der Waals surface area contributed by atoms with Gasteiger partial charge in [0, 0.05) is 0 Å². The molecule has 0 heterocycles. The third kappa shape index (κ3) is 4.66. The number of benzene rings is 1. The van der Waals surface area contributed by atoms with Gasteiger partial charge < -0.3 is 0 Å². The Kier molecular flexibility index (Phi) is 7.99. The maximum absolute atomic E-state index is 4.78. The fraction of sp³-hybridized carbons (Fsp3) is 0. The van der Waals surface area contributed by atoms with Gasteiger partial charge in [-0.3, -0.25) is 0 Å². The van der Waals surface area contributed by atoms with Crippen molar-refractivity contribution in [3.8, 4) is 0 Å². The zero-order chi connectivity index (χ0) is 6.24. The van der Waals surface area contributed by atoms with Gasteiger partial charge in [-0.25, -0.2) is 0 Å². The molecule has 38 valence electrons. The van der Waals surface area contributed by atoms with Crippen LogP contribution in [0.3, 0.4) is 0 Å². The fourth-order valence-electron chi connectivity index (χ4n) is 0.385. The first-order valence-corrected chi connectivity index (χ1v) is 5.40. The van der Waals surface area contributed by atoms with Crippen LogP contribution in [0.1, 0.15) is 0 Å². The fourth-order valence-corrected chi connectivity index (χ4v) is 0.385. The Bertz CT molecular complexity index is 80.5. The molecule has 0 amide bonds. The minimum atomic E-state index is 0.778. The molecule has 0 saturated heterocycles. The molecule has 0 bridgehead atoms. The van der Waals surface area contributed by atoms with Crippen molar-refractivity contribution in [3.63, 3.8) is 0 Å². The van der Waals surface area contributed by atoms with Crippen LogP contribution in [0.2, 0.25) is 0 Å². The van der Waals surface area contributed by atoms with Crippen molar-refractivity contribution >= 4 is 34.6 Å². The molecule has 0 atom stereocenters. The van der Waals surface area contributed by atoms with Gasteiger partial charge in [-0.15, -0.1) is 0 Å². The summed E-state index contributed by atoms with van der Waals surface area (Å²) >= 11 is 0.778. The van der Waals surface area contributed by atoms with E-state index in [9.17, 15) is 0 Å². The monoisotopic (exact) mass is 136 g/mol. The molecule has 1 aromatic carbocycles. The van der Waals surface area contributed by atoms with Crippen LogP contribution in [0.4, 0.5) is 0 Å². The standard InChI is InChI=1S/C6H6.ClH.Na/c1-2-4-6-5-3-1;;/h1-6H;1H;/q;;+1/p-1. The summed E-state index contributed by atoms with van der Waals surface area (Å²) in [6, 6.07) is 12.0. The Morgan fingerprint density at radius 3 is 0.875 bits per heavy atom. The first-order chi connectivity index (χ1) is 4.00. The molecular formula is C6H6ClNa. The van der Waals surface area contributed by atoms with E-state index in [1.54, 1.807) is 0 Å². The van der Waals surface area contributed by atoms with Gasteiger partial charge in [0.15, 0.2) is 0 Å². The van der Waals surface area contributed by atoms with E-state index < -0.39 is 0 Å². The summed E-state index contributed by atoms with van der Waals surface area (Å²) in [5, 5.41) is 0. The van der Waals surface area contributed by atoms with Crippen molar-refractivity contribution in [2.75, 3.05) is 0 Å². The van der Waals surface area contributed by atoms with Crippen LogP contribution >= 0.6 is 7.91 Å². The predicted octanol–water partition coefficient (Wildman–Crippen LogP) is 2.00. The molecule has 0 unspecified atom stereocenters. The van der Waals surface area contributed by atoms with Gasteiger partial charge in [0.1, 0.15) is 0 Å². The molecule has 2 heteroatoms. The van der Waals surface area contributed by atoms with Crippen molar-refractivity contribution in [2.24, 2.45) is 0 Å². The molecule has 0 N–H and O–H groups in total. The van der Waals surface area contributed by atoms with E-state index in [1.807, 2.05) is 36.4 Å². The summed E-state index contributed by atoms with van der Waals surface area (Å²) in [7, 11) is 4.78. The van der Waals surface area contributed by atoms with E-state index >= 15 is 0 Å². The summed E-state index contributed by atoms with van der Waals surface area (Å²) in [5.41, 5.74) is 0. The predicted molar refractivity (Wildman–Crippen MR) is 38.0 cm³/mol. The molecule has 0 aliphatic heterocycles. The molecule has 1 aromatic rings. The molecule has 0 aromatic heterocycles. The van der Waals surface area contributed by atoms with E-state index in [4.69, 9.17) is 7.91 Å². The Hall–Kier alpha value is 0.510. The van der Waals surface area contributed by atoms with E-state index in [1.165, 1.54) is 0 Å². The van der Waals surface area contributed by atoms with Gasteiger partial charge in [0.25, 0.3) is 0 Å². The Labute approximate surface area is 70.6 Å². The van der Waals surface area contributed by atoms with Crippen molar-refractivity contribution in [3.05, 3.63) is 36.4 Å². The first-order valence-electron chi connectivity index (χ1n) is 2.38. The van der Waals surface area contributed by atoms with E-state index in [0.717, 1.165) is 26.6 Å². The first kappa shape index (κ1) is 8.51. The van der Waals surface area contributed by atoms with Crippen molar-refractivity contribution < 1.29 is 0 Å². The van der Waals surface area contributed by atoms with E-state index in [2.05, 4.69) is 0 Å². The summed E-state index contributed by atoms with van der Waals surface area (Å²) < 4.78 is 0. The second kappa shape index (κ2) is 7.51. The van der Waals surface area contributed by atoms with Crippen LogP contribution in [0.15, 0.2) is 36.4 Å². The molecule has 0 spiro atoms.